The van der Waals surface area contributed by atoms with Crippen LogP contribution in [0.25, 0.3) is 5.65 Å². The van der Waals surface area contributed by atoms with Gasteiger partial charge in [-0.3, -0.25) is 4.79 Å². The van der Waals surface area contributed by atoms with Crippen LogP contribution < -0.4 is 20.9 Å². The standard InChI is InChI=1S/C24H29ClFN7O2.C2HF3O2/c1-14-10-31(11-15(2)35-14)18-3-4-21(20(25)8-18)29-24(34)19-9-28-33-6-5-22(30-23(19)33)32-12-16(26)7-17(27)13-32;3-2(4,5)1(6)7/h3-6,8-9,14-17H,7,10-13,27H2,1-2H3,(H,29,34);(H,6,7)/t14-,15+,16-,17-;/m1./s1. The molecule has 0 radical (unpaired) electrons. The first-order chi connectivity index (χ1) is 19.7. The third kappa shape index (κ3) is 7.57. The molecule has 1 aromatic carbocycles. The number of alkyl halides is 4. The van der Waals surface area contributed by atoms with Crippen molar-refractivity contribution in [3.8, 4) is 0 Å². The summed E-state index contributed by atoms with van der Waals surface area (Å²) in [6.45, 7) is 6.35. The van der Waals surface area contributed by atoms with Crippen LogP contribution in [0.2, 0.25) is 5.02 Å². The monoisotopic (exact) mass is 615 g/mol. The molecule has 16 heteroatoms. The molecule has 5 rings (SSSR count). The number of ether oxygens (including phenoxy) is 1. The summed E-state index contributed by atoms with van der Waals surface area (Å²) >= 11 is 6.54. The number of anilines is 3. The van der Waals surface area contributed by atoms with Crippen LogP contribution in [0.5, 0.6) is 0 Å². The fraction of sp³-hybridized carbons (Fsp3) is 0.462. The summed E-state index contributed by atoms with van der Waals surface area (Å²) in [4.78, 5) is 30.6. The minimum absolute atomic E-state index is 0.126. The second-order valence-electron chi connectivity index (χ2n) is 10.2. The lowest BCUT2D eigenvalue weighted by Gasteiger charge is -2.37. The zero-order valence-corrected chi connectivity index (χ0v) is 23.4. The number of hydrogen-bond acceptors (Lipinski definition) is 8. The van der Waals surface area contributed by atoms with Gasteiger partial charge < -0.3 is 30.7 Å². The Kier molecular flexibility index (Phi) is 9.43. The predicted octanol–water partition coefficient (Wildman–Crippen LogP) is 3.76. The zero-order valence-electron chi connectivity index (χ0n) is 22.7. The number of nitrogens with zero attached hydrogens (tertiary/aromatic N) is 5. The average Bonchev–Trinajstić information content (AvgIpc) is 3.32. The Morgan fingerprint density at radius 2 is 1.79 bits per heavy atom. The zero-order chi connectivity index (χ0) is 30.8. The van der Waals surface area contributed by atoms with Crippen molar-refractivity contribution in [1.29, 1.82) is 0 Å². The van der Waals surface area contributed by atoms with Gasteiger partial charge in [-0.25, -0.2) is 18.7 Å². The van der Waals surface area contributed by atoms with Gasteiger partial charge in [0, 0.05) is 37.6 Å². The number of nitrogens with two attached hydrogens (primary N) is 1. The largest absolute Gasteiger partial charge is 0.490 e. The average molecular weight is 616 g/mol. The molecule has 228 valence electrons. The Bertz CT molecular complexity index is 1420. The molecule has 2 aliphatic rings. The number of nitrogens with one attached hydrogen (secondary N) is 1. The molecule has 0 aliphatic carbocycles. The van der Waals surface area contributed by atoms with Crippen LogP contribution in [0.4, 0.5) is 34.8 Å². The van der Waals surface area contributed by atoms with Crippen LogP contribution >= 0.6 is 11.6 Å². The van der Waals surface area contributed by atoms with Crippen molar-refractivity contribution in [2.45, 2.75) is 50.9 Å². The van der Waals surface area contributed by atoms with E-state index in [9.17, 15) is 22.4 Å². The number of rotatable bonds is 4. The molecule has 2 aromatic heterocycles. The van der Waals surface area contributed by atoms with Gasteiger partial charge in [-0.05, 0) is 44.5 Å². The summed E-state index contributed by atoms with van der Waals surface area (Å²) in [6.07, 6.45) is -2.35. The van der Waals surface area contributed by atoms with Crippen LogP contribution in [0.3, 0.4) is 0 Å². The van der Waals surface area contributed by atoms with E-state index in [1.54, 1.807) is 23.2 Å². The van der Waals surface area contributed by atoms with E-state index < -0.39 is 18.3 Å². The summed E-state index contributed by atoms with van der Waals surface area (Å²) in [6, 6.07) is 7.06. The molecule has 1 amide bonds. The molecule has 4 atom stereocenters. The maximum atomic E-state index is 14.0. The van der Waals surface area contributed by atoms with Crippen molar-refractivity contribution in [3.05, 3.63) is 47.2 Å². The number of piperidine rings is 1. The van der Waals surface area contributed by atoms with E-state index in [4.69, 9.17) is 32.0 Å². The number of benzene rings is 1. The molecular formula is C26H30ClF4N7O4. The topological polar surface area (TPSA) is 138 Å². The Morgan fingerprint density at radius 1 is 1.12 bits per heavy atom. The van der Waals surface area contributed by atoms with Crippen LogP contribution in [0.1, 0.15) is 30.6 Å². The smallest absolute Gasteiger partial charge is 0.475 e. The van der Waals surface area contributed by atoms with Crippen molar-refractivity contribution in [3.63, 3.8) is 0 Å². The molecule has 0 spiro atoms. The molecule has 42 heavy (non-hydrogen) atoms. The number of aliphatic carboxylic acids is 1. The van der Waals surface area contributed by atoms with Gasteiger partial charge in [0.25, 0.3) is 5.91 Å². The van der Waals surface area contributed by atoms with Crippen LogP contribution in [-0.2, 0) is 9.53 Å². The minimum atomic E-state index is -5.08. The van der Waals surface area contributed by atoms with E-state index in [0.717, 1.165) is 18.8 Å². The highest BCUT2D eigenvalue weighted by Crippen LogP contribution is 2.30. The van der Waals surface area contributed by atoms with E-state index in [2.05, 4.69) is 20.3 Å². The summed E-state index contributed by atoms with van der Waals surface area (Å²) < 4.78 is 53.1. The van der Waals surface area contributed by atoms with Crippen LogP contribution in [0.15, 0.2) is 36.7 Å². The lowest BCUT2D eigenvalue weighted by atomic mass is 10.1. The van der Waals surface area contributed by atoms with Gasteiger partial charge in [0.2, 0.25) is 0 Å². The normalized spacial score (nSPS) is 22.9. The van der Waals surface area contributed by atoms with Crippen molar-refractivity contribution in [1.82, 2.24) is 14.6 Å². The predicted molar refractivity (Wildman–Crippen MR) is 148 cm³/mol. The number of aromatic nitrogens is 3. The highest BCUT2D eigenvalue weighted by Gasteiger charge is 2.38. The maximum Gasteiger partial charge on any atom is 0.490 e. The number of carboxylic acids is 1. The van der Waals surface area contributed by atoms with E-state index in [1.165, 1.54) is 10.7 Å². The lowest BCUT2D eigenvalue weighted by molar-refractivity contribution is -0.192. The molecule has 11 nitrogen and oxygen atoms in total. The molecule has 4 N–H and O–H groups in total. The number of carbonyl (C=O) groups excluding carboxylic acids is 1. The number of halogens is 5. The molecule has 3 aromatic rings. The highest BCUT2D eigenvalue weighted by atomic mass is 35.5. The number of carbonyl (C=O) groups is 2. The van der Waals surface area contributed by atoms with Crippen molar-refractivity contribution in [2.75, 3.05) is 41.3 Å². The first-order valence-electron chi connectivity index (χ1n) is 13.0. The molecule has 0 saturated carbocycles. The van der Waals surface area contributed by atoms with Gasteiger partial charge in [-0.2, -0.15) is 18.3 Å². The Morgan fingerprint density at radius 3 is 2.38 bits per heavy atom. The molecule has 2 aliphatic heterocycles. The molecule has 0 bridgehead atoms. The van der Waals surface area contributed by atoms with E-state index >= 15 is 0 Å². The second kappa shape index (κ2) is 12.7. The number of amides is 1. The van der Waals surface area contributed by atoms with Gasteiger partial charge in [0.05, 0.1) is 35.7 Å². The van der Waals surface area contributed by atoms with Crippen molar-refractivity contribution >= 4 is 46.3 Å². The Hall–Kier alpha value is -3.69. The third-order valence-corrected chi connectivity index (χ3v) is 6.90. The number of fused-ring (bicyclic) bond motifs is 1. The molecular weight excluding hydrogens is 586 g/mol. The Labute approximate surface area is 243 Å². The van der Waals surface area contributed by atoms with E-state index in [-0.39, 0.29) is 30.7 Å². The fourth-order valence-electron chi connectivity index (χ4n) is 4.84. The Balaban J connectivity index is 0.000000517. The van der Waals surface area contributed by atoms with Crippen LogP contribution in [-0.4, -0.2) is 88.4 Å². The number of carboxylic acid groups (broad SMARTS) is 1. The third-order valence-electron chi connectivity index (χ3n) is 6.58. The maximum absolute atomic E-state index is 14.0. The fourth-order valence-corrected chi connectivity index (χ4v) is 5.06. The lowest BCUT2D eigenvalue weighted by Crippen LogP contribution is -2.48. The molecule has 4 heterocycles. The van der Waals surface area contributed by atoms with E-state index in [0.29, 0.717) is 40.7 Å². The van der Waals surface area contributed by atoms with Crippen molar-refractivity contribution in [2.24, 2.45) is 5.73 Å². The first kappa shape index (κ1) is 31.3. The highest BCUT2D eigenvalue weighted by molar-refractivity contribution is 6.34. The number of morpholine rings is 1. The van der Waals surface area contributed by atoms with Gasteiger partial charge in [-0.15, -0.1) is 0 Å². The minimum Gasteiger partial charge on any atom is -0.475 e. The summed E-state index contributed by atoms with van der Waals surface area (Å²) in [5, 5.41) is 14.7. The van der Waals surface area contributed by atoms with Gasteiger partial charge in [0.1, 0.15) is 17.6 Å². The summed E-state index contributed by atoms with van der Waals surface area (Å²) in [5.74, 6) is -2.58. The summed E-state index contributed by atoms with van der Waals surface area (Å²) in [5.41, 5.74) is 8.12. The summed E-state index contributed by atoms with van der Waals surface area (Å²) in [7, 11) is 0. The second-order valence-corrected chi connectivity index (χ2v) is 10.6. The van der Waals surface area contributed by atoms with E-state index in [1.807, 2.05) is 26.0 Å². The van der Waals surface area contributed by atoms with Gasteiger partial charge >= 0.3 is 12.1 Å². The molecule has 2 fully saturated rings. The van der Waals surface area contributed by atoms with Gasteiger partial charge in [0.15, 0.2) is 5.65 Å². The van der Waals surface area contributed by atoms with Crippen LogP contribution in [0, 0.1) is 0 Å². The molecule has 2 saturated heterocycles. The quantitative estimate of drug-likeness (QED) is 0.375. The number of hydrogen-bond donors (Lipinski definition) is 3. The van der Waals surface area contributed by atoms with Crippen molar-refractivity contribution < 1.29 is 37.0 Å². The molecule has 0 unspecified atom stereocenters. The first-order valence-corrected chi connectivity index (χ1v) is 13.4. The van der Waals surface area contributed by atoms with Gasteiger partial charge in [-0.1, -0.05) is 11.6 Å². The SMILES string of the molecule is C[C@@H]1CN(c2ccc(NC(=O)c3cnn4ccc(N5C[C@H](N)C[C@@H](F)C5)nc34)c(Cl)c2)C[C@H](C)O1.O=C(O)C(F)(F)F.